The molecule has 5 atom stereocenters. The van der Waals surface area contributed by atoms with Crippen LogP contribution in [0.25, 0.3) is 0 Å². The van der Waals surface area contributed by atoms with Gasteiger partial charge in [0.25, 0.3) is 0 Å². The van der Waals surface area contributed by atoms with Crippen molar-refractivity contribution in [2.45, 2.75) is 76.7 Å². The standard InChI is InChI=1S/C19H33N5O7/c1-9(2)14(22-16(27)11(20)6-7-13(21)26)18(29)24-8-4-5-12(24)17(28)23-15(10(3)25)19(30)31/h9-12,14-15,25H,4-8,20H2,1-3H3,(H2,21,26)(H,22,27)(H,23,28)(H,30,31). The summed E-state index contributed by atoms with van der Waals surface area (Å²) < 4.78 is 0. The molecule has 0 spiro atoms. The van der Waals surface area contributed by atoms with Crippen molar-refractivity contribution in [2.24, 2.45) is 17.4 Å². The molecule has 1 aliphatic heterocycles. The average molecular weight is 444 g/mol. The van der Waals surface area contributed by atoms with Crippen LogP contribution in [0, 0.1) is 5.92 Å². The highest BCUT2D eigenvalue weighted by atomic mass is 16.4. The van der Waals surface area contributed by atoms with Crippen molar-refractivity contribution in [1.29, 1.82) is 0 Å². The second kappa shape index (κ2) is 11.6. The summed E-state index contributed by atoms with van der Waals surface area (Å²) >= 11 is 0. The van der Waals surface area contributed by atoms with Gasteiger partial charge in [-0.2, -0.15) is 0 Å². The normalized spacial score (nSPS) is 19.9. The number of nitrogens with zero attached hydrogens (tertiary/aromatic N) is 1. The number of carbonyl (C=O) groups is 5. The van der Waals surface area contributed by atoms with E-state index in [0.29, 0.717) is 12.8 Å². The lowest BCUT2D eigenvalue weighted by atomic mass is 10.0. The van der Waals surface area contributed by atoms with Crippen LogP contribution in [0.1, 0.15) is 46.5 Å². The molecule has 0 aliphatic carbocycles. The van der Waals surface area contributed by atoms with Crippen molar-refractivity contribution in [3.8, 4) is 0 Å². The molecule has 31 heavy (non-hydrogen) atoms. The molecule has 1 fully saturated rings. The topological polar surface area (TPSA) is 205 Å². The van der Waals surface area contributed by atoms with E-state index in [1.165, 1.54) is 11.8 Å². The summed E-state index contributed by atoms with van der Waals surface area (Å²) in [6.45, 7) is 4.94. The minimum atomic E-state index is -1.51. The van der Waals surface area contributed by atoms with Gasteiger partial charge >= 0.3 is 5.97 Å². The maximum absolute atomic E-state index is 13.1. The van der Waals surface area contributed by atoms with E-state index in [2.05, 4.69) is 10.6 Å². The number of hydrogen-bond donors (Lipinski definition) is 6. The van der Waals surface area contributed by atoms with Gasteiger partial charge in [-0.3, -0.25) is 19.2 Å². The zero-order valence-corrected chi connectivity index (χ0v) is 18.0. The maximum Gasteiger partial charge on any atom is 0.328 e. The molecule has 12 nitrogen and oxygen atoms in total. The van der Waals surface area contributed by atoms with E-state index in [1.54, 1.807) is 13.8 Å². The van der Waals surface area contributed by atoms with Crippen LogP contribution >= 0.6 is 0 Å². The molecule has 176 valence electrons. The molecule has 0 aromatic heterocycles. The van der Waals surface area contributed by atoms with Crippen molar-refractivity contribution < 1.29 is 34.2 Å². The molecule has 0 radical (unpaired) electrons. The van der Waals surface area contributed by atoms with Crippen LogP contribution in [0.4, 0.5) is 0 Å². The minimum Gasteiger partial charge on any atom is -0.480 e. The molecule has 1 heterocycles. The number of aliphatic hydroxyl groups excluding tert-OH is 1. The Morgan fingerprint density at radius 1 is 1.10 bits per heavy atom. The van der Waals surface area contributed by atoms with E-state index in [4.69, 9.17) is 16.6 Å². The van der Waals surface area contributed by atoms with Gasteiger partial charge < -0.3 is 37.2 Å². The Hall–Kier alpha value is -2.73. The molecule has 0 aromatic rings. The first kappa shape index (κ1) is 26.3. The molecule has 1 rings (SSSR count). The highest BCUT2D eigenvalue weighted by Gasteiger charge is 2.40. The van der Waals surface area contributed by atoms with Crippen LogP contribution in [-0.2, 0) is 24.0 Å². The highest BCUT2D eigenvalue weighted by molar-refractivity contribution is 5.94. The molecule has 4 amide bonds. The van der Waals surface area contributed by atoms with Gasteiger partial charge in [-0.1, -0.05) is 13.8 Å². The van der Waals surface area contributed by atoms with E-state index < -0.39 is 59.9 Å². The third-order valence-corrected chi connectivity index (χ3v) is 5.15. The lowest BCUT2D eigenvalue weighted by Crippen LogP contribution is -2.59. The Kier molecular flexibility index (Phi) is 9.85. The van der Waals surface area contributed by atoms with Crippen LogP contribution in [-0.4, -0.2) is 81.5 Å². The smallest absolute Gasteiger partial charge is 0.328 e. The minimum absolute atomic E-state index is 0.0326. The van der Waals surface area contributed by atoms with Gasteiger partial charge in [0, 0.05) is 13.0 Å². The lowest BCUT2D eigenvalue weighted by molar-refractivity contribution is -0.147. The van der Waals surface area contributed by atoms with Crippen molar-refractivity contribution in [3.63, 3.8) is 0 Å². The fourth-order valence-corrected chi connectivity index (χ4v) is 3.32. The number of hydrogen-bond acceptors (Lipinski definition) is 7. The predicted molar refractivity (Wildman–Crippen MR) is 109 cm³/mol. The van der Waals surface area contributed by atoms with Gasteiger partial charge in [-0.25, -0.2) is 4.79 Å². The first-order valence-corrected chi connectivity index (χ1v) is 10.2. The number of nitrogens with one attached hydrogen (secondary N) is 2. The molecule has 12 heteroatoms. The Labute approximate surface area is 180 Å². The summed E-state index contributed by atoms with van der Waals surface area (Å²) in [5, 5.41) is 23.6. The summed E-state index contributed by atoms with van der Waals surface area (Å²) in [7, 11) is 0. The lowest BCUT2D eigenvalue weighted by Gasteiger charge is -2.31. The molecule has 0 aromatic carbocycles. The van der Waals surface area contributed by atoms with Crippen molar-refractivity contribution in [3.05, 3.63) is 0 Å². The summed E-state index contributed by atoms with van der Waals surface area (Å²) in [6, 6.07) is -4.42. The Morgan fingerprint density at radius 2 is 1.71 bits per heavy atom. The largest absolute Gasteiger partial charge is 0.480 e. The summed E-state index contributed by atoms with van der Waals surface area (Å²) in [5.74, 6) is -4.11. The first-order valence-electron chi connectivity index (χ1n) is 10.2. The number of nitrogens with two attached hydrogens (primary N) is 2. The van der Waals surface area contributed by atoms with E-state index in [9.17, 15) is 29.1 Å². The number of rotatable bonds is 11. The Bertz CT molecular complexity index is 697. The Balaban J connectivity index is 2.89. The second-order valence-corrected chi connectivity index (χ2v) is 8.10. The number of likely N-dealkylation sites (tertiary alicyclic amines) is 1. The number of aliphatic hydroxyl groups is 1. The zero-order chi connectivity index (χ0) is 23.9. The number of primary amides is 1. The molecule has 8 N–H and O–H groups in total. The van der Waals surface area contributed by atoms with Gasteiger partial charge in [0.1, 0.15) is 12.1 Å². The molecular formula is C19H33N5O7. The van der Waals surface area contributed by atoms with Crippen LogP contribution < -0.4 is 22.1 Å². The number of carboxylic acid groups (broad SMARTS) is 1. The monoisotopic (exact) mass is 443 g/mol. The number of amides is 4. The van der Waals surface area contributed by atoms with Gasteiger partial charge in [0.05, 0.1) is 12.1 Å². The SMILES string of the molecule is CC(C)C(NC(=O)C(N)CCC(N)=O)C(=O)N1CCCC1C(=O)NC(C(=O)O)C(C)O. The molecular weight excluding hydrogens is 410 g/mol. The number of carbonyl (C=O) groups excluding carboxylic acids is 4. The number of carboxylic acids is 1. The summed E-state index contributed by atoms with van der Waals surface area (Å²) in [6.07, 6.45) is -0.521. The molecule has 1 saturated heterocycles. The highest BCUT2D eigenvalue weighted by Crippen LogP contribution is 2.21. The third-order valence-electron chi connectivity index (χ3n) is 5.15. The molecule has 0 saturated carbocycles. The van der Waals surface area contributed by atoms with Crippen molar-refractivity contribution in [1.82, 2.24) is 15.5 Å². The second-order valence-electron chi connectivity index (χ2n) is 8.10. The van der Waals surface area contributed by atoms with Gasteiger partial charge in [-0.05, 0) is 32.1 Å². The average Bonchev–Trinajstić information content (AvgIpc) is 3.16. The van der Waals surface area contributed by atoms with Gasteiger partial charge in [0.2, 0.25) is 23.6 Å². The first-order chi connectivity index (χ1) is 14.4. The maximum atomic E-state index is 13.1. The zero-order valence-electron chi connectivity index (χ0n) is 18.0. The van der Waals surface area contributed by atoms with Crippen molar-refractivity contribution >= 4 is 29.6 Å². The third kappa shape index (κ3) is 7.47. The van der Waals surface area contributed by atoms with E-state index in [1.807, 2.05) is 0 Å². The van der Waals surface area contributed by atoms with Crippen LogP contribution in [0.5, 0.6) is 0 Å². The van der Waals surface area contributed by atoms with Crippen LogP contribution in [0.3, 0.4) is 0 Å². The quantitative estimate of drug-likeness (QED) is 0.203. The molecule has 0 bridgehead atoms. The molecule has 5 unspecified atom stereocenters. The predicted octanol–water partition coefficient (Wildman–Crippen LogP) is -2.34. The van der Waals surface area contributed by atoms with Crippen LogP contribution in [0.2, 0.25) is 0 Å². The Morgan fingerprint density at radius 3 is 2.19 bits per heavy atom. The van der Waals surface area contributed by atoms with Crippen LogP contribution in [0.15, 0.2) is 0 Å². The fraction of sp³-hybridized carbons (Fsp3) is 0.737. The van der Waals surface area contributed by atoms with E-state index in [-0.39, 0.29) is 25.3 Å². The summed E-state index contributed by atoms with van der Waals surface area (Å²) in [4.78, 5) is 61.5. The fourth-order valence-electron chi connectivity index (χ4n) is 3.32. The van der Waals surface area contributed by atoms with Gasteiger partial charge in [-0.15, -0.1) is 0 Å². The van der Waals surface area contributed by atoms with Gasteiger partial charge in [0.15, 0.2) is 6.04 Å². The van der Waals surface area contributed by atoms with Crippen molar-refractivity contribution in [2.75, 3.05) is 6.54 Å². The van der Waals surface area contributed by atoms with E-state index >= 15 is 0 Å². The number of aliphatic carboxylic acids is 1. The summed E-state index contributed by atoms with van der Waals surface area (Å²) in [5.41, 5.74) is 10.8. The molecule has 1 aliphatic rings. The van der Waals surface area contributed by atoms with E-state index in [0.717, 1.165) is 0 Å².